The second-order valence-corrected chi connectivity index (χ2v) is 11.7. The molecule has 4 fully saturated rings. The predicted octanol–water partition coefficient (Wildman–Crippen LogP) is 6.21. The van der Waals surface area contributed by atoms with Crippen LogP contribution in [0, 0.1) is 40.4 Å². The summed E-state index contributed by atoms with van der Waals surface area (Å²) in [6.45, 7) is 5.03. The average Bonchev–Trinajstić information content (AvgIpc) is 3.10. The molecule has 30 heavy (non-hydrogen) atoms. The summed E-state index contributed by atoms with van der Waals surface area (Å²) in [6, 6.07) is 10.5. The highest BCUT2D eigenvalue weighted by molar-refractivity contribution is 5.82. The summed E-state index contributed by atoms with van der Waals surface area (Å²) < 4.78 is 0. The number of Topliss-reactive ketones (excluding diaryl/α,β-unsaturated/α-hetero) is 1. The predicted molar refractivity (Wildman–Crippen MR) is 121 cm³/mol. The van der Waals surface area contributed by atoms with Crippen LogP contribution in [0.3, 0.4) is 0 Å². The van der Waals surface area contributed by atoms with Crippen molar-refractivity contribution in [1.29, 1.82) is 0 Å². The van der Waals surface area contributed by atoms with E-state index in [4.69, 9.17) is 0 Å². The summed E-state index contributed by atoms with van der Waals surface area (Å²) in [5.74, 6) is 3.91. The first kappa shape index (κ1) is 20.7. The number of aliphatic hydroxyl groups excluding tert-OH is 1. The molecule has 4 aliphatic carbocycles. The largest absolute Gasteiger partial charge is 0.393 e. The summed E-state index contributed by atoms with van der Waals surface area (Å²) in [6.07, 6.45) is 12.4. The quantitative estimate of drug-likeness (QED) is 0.643. The normalized spacial score (nSPS) is 45.3. The van der Waals surface area contributed by atoms with Crippen LogP contribution in [0.15, 0.2) is 30.3 Å². The molecule has 2 nitrogen and oxygen atoms in total. The number of fused-ring (bicyclic) bond motifs is 5. The molecule has 164 valence electrons. The fourth-order valence-corrected chi connectivity index (χ4v) is 8.85. The first-order valence-electron chi connectivity index (χ1n) is 12.7. The molecule has 1 aromatic carbocycles. The van der Waals surface area contributed by atoms with Crippen LogP contribution in [-0.2, 0) is 11.2 Å². The van der Waals surface area contributed by atoms with Gasteiger partial charge in [-0.3, -0.25) is 4.79 Å². The highest BCUT2D eigenvalue weighted by Gasteiger charge is 2.60. The number of hydrogen-bond donors (Lipinski definition) is 1. The molecule has 0 aromatic heterocycles. The van der Waals surface area contributed by atoms with Gasteiger partial charge in [0.05, 0.1) is 6.10 Å². The van der Waals surface area contributed by atoms with E-state index in [9.17, 15) is 9.90 Å². The Bertz CT molecular complexity index is 772. The Morgan fingerprint density at radius 3 is 2.47 bits per heavy atom. The van der Waals surface area contributed by atoms with Crippen molar-refractivity contribution in [2.75, 3.05) is 0 Å². The number of carbonyl (C=O) groups is 1. The van der Waals surface area contributed by atoms with Crippen molar-refractivity contribution in [1.82, 2.24) is 0 Å². The topological polar surface area (TPSA) is 37.3 Å². The van der Waals surface area contributed by atoms with Crippen LogP contribution in [0.4, 0.5) is 0 Å². The van der Waals surface area contributed by atoms with Crippen LogP contribution in [0.25, 0.3) is 0 Å². The van der Waals surface area contributed by atoms with Crippen molar-refractivity contribution < 1.29 is 9.90 Å². The molecule has 8 atom stereocenters. The number of ketones is 1. The van der Waals surface area contributed by atoms with E-state index in [1.165, 1.54) is 44.1 Å². The Morgan fingerprint density at radius 2 is 1.67 bits per heavy atom. The molecule has 0 amide bonds. The Kier molecular flexibility index (Phi) is 5.37. The van der Waals surface area contributed by atoms with Gasteiger partial charge in [-0.25, -0.2) is 0 Å². The zero-order chi connectivity index (χ0) is 20.9. The van der Waals surface area contributed by atoms with Gasteiger partial charge in [0, 0.05) is 12.3 Å². The maximum absolute atomic E-state index is 13.3. The van der Waals surface area contributed by atoms with Gasteiger partial charge in [0.2, 0.25) is 0 Å². The van der Waals surface area contributed by atoms with Gasteiger partial charge < -0.3 is 5.11 Å². The molecule has 4 aliphatic rings. The lowest BCUT2D eigenvalue weighted by molar-refractivity contribution is -0.139. The van der Waals surface area contributed by atoms with Gasteiger partial charge in [0.15, 0.2) is 0 Å². The molecule has 0 heterocycles. The van der Waals surface area contributed by atoms with Crippen LogP contribution in [0.1, 0.15) is 83.6 Å². The molecular formula is C28H40O2. The van der Waals surface area contributed by atoms with E-state index in [0.29, 0.717) is 17.6 Å². The molecule has 2 heteroatoms. The van der Waals surface area contributed by atoms with Crippen molar-refractivity contribution in [2.24, 2.45) is 40.4 Å². The lowest BCUT2D eigenvalue weighted by atomic mass is 9.44. The van der Waals surface area contributed by atoms with Crippen molar-refractivity contribution in [3.05, 3.63) is 35.9 Å². The number of benzene rings is 1. The average molecular weight is 409 g/mol. The van der Waals surface area contributed by atoms with E-state index in [-0.39, 0.29) is 17.4 Å². The van der Waals surface area contributed by atoms with Gasteiger partial charge >= 0.3 is 0 Å². The van der Waals surface area contributed by atoms with Crippen molar-refractivity contribution >= 4 is 5.78 Å². The van der Waals surface area contributed by atoms with E-state index in [0.717, 1.165) is 49.4 Å². The molecule has 0 radical (unpaired) electrons. The highest BCUT2D eigenvalue weighted by Crippen LogP contribution is 2.67. The summed E-state index contributed by atoms with van der Waals surface area (Å²) in [5, 5.41) is 10.2. The monoisotopic (exact) mass is 408 g/mol. The number of carbonyl (C=O) groups excluding carboxylic acids is 1. The summed E-state index contributed by atoms with van der Waals surface area (Å²) >= 11 is 0. The number of hydrogen-bond acceptors (Lipinski definition) is 2. The Balaban J connectivity index is 1.30. The maximum Gasteiger partial charge on any atom is 0.136 e. The Morgan fingerprint density at radius 1 is 0.933 bits per heavy atom. The molecule has 0 bridgehead atoms. The minimum atomic E-state index is -0.0634. The van der Waals surface area contributed by atoms with Crippen molar-refractivity contribution in [3.8, 4) is 0 Å². The fourth-order valence-electron chi connectivity index (χ4n) is 8.85. The standard InChI is InChI=1S/C28H40O2/c1-27-16-14-21(29)18-20(27)9-10-22-23-11-12-25(28(23,2)17-15-24(22)27)26(30)13-8-19-6-4-3-5-7-19/h3-7,20-25,29H,8-18H2,1-2H3/t20?,21-,22-,23?,24?,25+,27-,28-/m0/s1. The fraction of sp³-hybridized carbons (Fsp3) is 0.750. The van der Waals surface area contributed by atoms with Gasteiger partial charge in [0.25, 0.3) is 0 Å². The SMILES string of the molecule is C[C@]12CC[C@H](O)CC1CC[C@@H]1C2CC[C@@]2(C)C1CC[C@@H]2C(=O)CCc1ccccc1. The third-order valence-corrected chi connectivity index (χ3v) is 10.5. The highest BCUT2D eigenvalue weighted by atomic mass is 16.3. The van der Waals surface area contributed by atoms with Crippen molar-refractivity contribution in [2.45, 2.75) is 90.6 Å². The molecular weight excluding hydrogens is 368 g/mol. The van der Waals surface area contributed by atoms with Crippen molar-refractivity contribution in [3.63, 3.8) is 0 Å². The van der Waals surface area contributed by atoms with Crippen LogP contribution in [0.2, 0.25) is 0 Å². The first-order chi connectivity index (χ1) is 14.4. The molecule has 0 spiro atoms. The van der Waals surface area contributed by atoms with Gasteiger partial charge in [-0.1, -0.05) is 44.2 Å². The minimum absolute atomic E-state index is 0.0634. The van der Waals surface area contributed by atoms with E-state index in [1.807, 2.05) is 0 Å². The molecule has 1 N–H and O–H groups in total. The first-order valence-corrected chi connectivity index (χ1v) is 12.7. The van der Waals surface area contributed by atoms with Gasteiger partial charge in [-0.2, -0.15) is 0 Å². The molecule has 3 unspecified atom stereocenters. The zero-order valence-corrected chi connectivity index (χ0v) is 19.0. The van der Waals surface area contributed by atoms with Crippen LogP contribution >= 0.6 is 0 Å². The number of rotatable bonds is 4. The second kappa shape index (κ2) is 7.76. The van der Waals surface area contributed by atoms with E-state index in [2.05, 4.69) is 44.2 Å². The van der Waals surface area contributed by atoms with Crippen LogP contribution in [0.5, 0.6) is 0 Å². The summed E-state index contributed by atoms with van der Waals surface area (Å²) in [7, 11) is 0. The van der Waals surface area contributed by atoms with E-state index in [1.54, 1.807) is 0 Å². The van der Waals surface area contributed by atoms with Crippen LogP contribution in [-0.4, -0.2) is 17.0 Å². The second-order valence-electron chi connectivity index (χ2n) is 11.7. The molecule has 0 saturated heterocycles. The molecule has 4 saturated carbocycles. The Hall–Kier alpha value is -1.15. The molecule has 5 rings (SSSR count). The molecule has 1 aromatic rings. The molecule has 0 aliphatic heterocycles. The lowest BCUT2D eigenvalue weighted by Crippen LogP contribution is -2.54. The maximum atomic E-state index is 13.3. The van der Waals surface area contributed by atoms with Crippen LogP contribution < -0.4 is 0 Å². The number of aliphatic hydroxyl groups is 1. The third kappa shape index (κ3) is 3.29. The van der Waals surface area contributed by atoms with E-state index < -0.39 is 0 Å². The third-order valence-electron chi connectivity index (χ3n) is 10.5. The van der Waals surface area contributed by atoms with Gasteiger partial charge in [0.1, 0.15) is 5.78 Å². The minimum Gasteiger partial charge on any atom is -0.393 e. The van der Waals surface area contributed by atoms with E-state index >= 15 is 0 Å². The Labute approximate surface area is 182 Å². The van der Waals surface area contributed by atoms with Gasteiger partial charge in [-0.15, -0.1) is 0 Å². The summed E-state index contributed by atoms with van der Waals surface area (Å²) in [5.41, 5.74) is 1.95. The lowest BCUT2D eigenvalue weighted by Gasteiger charge is -2.60. The number of aryl methyl sites for hydroxylation is 1. The zero-order valence-electron chi connectivity index (χ0n) is 19.0. The smallest absolute Gasteiger partial charge is 0.136 e. The summed E-state index contributed by atoms with van der Waals surface area (Å²) in [4.78, 5) is 13.3. The van der Waals surface area contributed by atoms with Gasteiger partial charge in [-0.05, 0) is 104 Å².